The van der Waals surface area contributed by atoms with Crippen LogP contribution in [0.4, 0.5) is 0 Å². The van der Waals surface area contributed by atoms with Crippen molar-refractivity contribution in [2.45, 2.75) is 0 Å². The Bertz CT molecular complexity index is 535. The van der Waals surface area contributed by atoms with Crippen LogP contribution in [0.2, 0.25) is 0 Å². The zero-order chi connectivity index (χ0) is 12.3. The van der Waals surface area contributed by atoms with Crippen LogP contribution in [0.15, 0.2) is 42.7 Å². The Morgan fingerprint density at radius 3 is 2.47 bits per heavy atom. The molecule has 2 aromatic rings. The molecule has 1 aromatic carbocycles. The fourth-order valence-corrected chi connectivity index (χ4v) is 1.50. The maximum absolute atomic E-state index is 10.8. The standard InChI is InChI=1S/C13H11NO3/c1-17-12-4-2-9(3-5-12)10-6-11(13(15)16)8-14-7-10/h2-8H,1H3,(H,15,16). The number of benzene rings is 1. The van der Waals surface area contributed by atoms with Crippen LogP contribution >= 0.6 is 0 Å². The number of carboxylic acid groups (broad SMARTS) is 1. The predicted molar refractivity (Wildman–Crippen MR) is 63.2 cm³/mol. The third kappa shape index (κ3) is 2.42. The fourth-order valence-electron chi connectivity index (χ4n) is 1.50. The van der Waals surface area contributed by atoms with E-state index in [-0.39, 0.29) is 5.56 Å². The van der Waals surface area contributed by atoms with Crippen LogP contribution in [0.1, 0.15) is 10.4 Å². The van der Waals surface area contributed by atoms with E-state index < -0.39 is 5.97 Å². The third-order valence-electron chi connectivity index (χ3n) is 2.41. The van der Waals surface area contributed by atoms with Gasteiger partial charge in [0.15, 0.2) is 0 Å². The molecule has 0 aliphatic carbocycles. The van der Waals surface area contributed by atoms with Crippen LogP contribution < -0.4 is 4.74 Å². The second kappa shape index (κ2) is 4.65. The molecule has 0 atom stereocenters. The Labute approximate surface area is 98.5 Å². The zero-order valence-electron chi connectivity index (χ0n) is 9.25. The van der Waals surface area contributed by atoms with Crippen molar-refractivity contribution >= 4 is 5.97 Å². The van der Waals surface area contributed by atoms with Crippen LogP contribution in [0, 0.1) is 0 Å². The van der Waals surface area contributed by atoms with E-state index in [9.17, 15) is 4.79 Å². The van der Waals surface area contributed by atoms with E-state index in [1.165, 1.54) is 6.20 Å². The van der Waals surface area contributed by atoms with Crippen LogP contribution in [0.5, 0.6) is 5.75 Å². The van der Waals surface area contributed by atoms with Gasteiger partial charge in [-0.2, -0.15) is 0 Å². The number of aromatic carboxylic acids is 1. The first-order chi connectivity index (χ1) is 8.20. The molecule has 0 aliphatic heterocycles. The summed E-state index contributed by atoms with van der Waals surface area (Å²) >= 11 is 0. The summed E-state index contributed by atoms with van der Waals surface area (Å²) in [5, 5.41) is 8.88. The molecule has 4 nitrogen and oxygen atoms in total. The van der Waals surface area contributed by atoms with E-state index in [4.69, 9.17) is 9.84 Å². The van der Waals surface area contributed by atoms with Gasteiger partial charge in [-0.05, 0) is 23.8 Å². The van der Waals surface area contributed by atoms with Gasteiger partial charge in [0.2, 0.25) is 0 Å². The van der Waals surface area contributed by atoms with Gasteiger partial charge in [-0.1, -0.05) is 12.1 Å². The molecule has 0 saturated carbocycles. The molecule has 0 bridgehead atoms. The predicted octanol–water partition coefficient (Wildman–Crippen LogP) is 2.46. The molecule has 1 N–H and O–H groups in total. The lowest BCUT2D eigenvalue weighted by Crippen LogP contribution is -1.97. The normalized spacial score (nSPS) is 9.94. The lowest BCUT2D eigenvalue weighted by atomic mass is 10.1. The molecular formula is C13H11NO3. The summed E-state index contributed by atoms with van der Waals surface area (Å²) in [6, 6.07) is 8.96. The van der Waals surface area contributed by atoms with Crippen molar-refractivity contribution in [2.24, 2.45) is 0 Å². The monoisotopic (exact) mass is 229 g/mol. The summed E-state index contributed by atoms with van der Waals surface area (Å²) in [4.78, 5) is 14.7. The molecule has 0 aliphatic rings. The molecule has 2 rings (SSSR count). The average Bonchev–Trinajstić information content (AvgIpc) is 2.39. The molecule has 0 fully saturated rings. The van der Waals surface area contributed by atoms with Crippen molar-refractivity contribution in [3.63, 3.8) is 0 Å². The summed E-state index contributed by atoms with van der Waals surface area (Å²) in [6.45, 7) is 0. The summed E-state index contributed by atoms with van der Waals surface area (Å²) in [5.41, 5.74) is 1.85. The van der Waals surface area contributed by atoms with E-state index in [2.05, 4.69) is 4.98 Å². The highest BCUT2D eigenvalue weighted by Gasteiger charge is 2.05. The van der Waals surface area contributed by atoms with E-state index in [1.807, 2.05) is 24.3 Å². The Morgan fingerprint density at radius 2 is 1.88 bits per heavy atom. The minimum absolute atomic E-state index is 0.179. The lowest BCUT2D eigenvalue weighted by Gasteiger charge is -2.04. The summed E-state index contributed by atoms with van der Waals surface area (Å²) < 4.78 is 5.06. The van der Waals surface area contributed by atoms with E-state index >= 15 is 0 Å². The van der Waals surface area contributed by atoms with Crippen LogP contribution in [-0.4, -0.2) is 23.2 Å². The van der Waals surface area contributed by atoms with Gasteiger partial charge in [0.05, 0.1) is 12.7 Å². The summed E-state index contributed by atoms with van der Waals surface area (Å²) in [5.74, 6) is -0.219. The van der Waals surface area contributed by atoms with Crippen molar-refractivity contribution < 1.29 is 14.6 Å². The number of carboxylic acids is 1. The molecule has 0 spiro atoms. The summed E-state index contributed by atoms with van der Waals surface area (Å²) in [7, 11) is 1.60. The van der Waals surface area contributed by atoms with Gasteiger partial charge in [0, 0.05) is 18.0 Å². The summed E-state index contributed by atoms with van der Waals surface area (Å²) in [6.07, 6.45) is 2.96. The minimum Gasteiger partial charge on any atom is -0.497 e. The third-order valence-corrected chi connectivity index (χ3v) is 2.41. The van der Waals surface area contributed by atoms with Gasteiger partial charge in [-0.25, -0.2) is 4.79 Å². The molecular weight excluding hydrogens is 218 g/mol. The van der Waals surface area contributed by atoms with Gasteiger partial charge in [0.25, 0.3) is 0 Å². The lowest BCUT2D eigenvalue weighted by molar-refractivity contribution is 0.0696. The topological polar surface area (TPSA) is 59.4 Å². The van der Waals surface area contributed by atoms with Crippen molar-refractivity contribution in [3.8, 4) is 16.9 Å². The largest absolute Gasteiger partial charge is 0.497 e. The number of rotatable bonds is 3. The Hall–Kier alpha value is -2.36. The van der Waals surface area contributed by atoms with Crippen molar-refractivity contribution in [1.82, 2.24) is 4.98 Å². The van der Waals surface area contributed by atoms with Crippen LogP contribution in [0.25, 0.3) is 11.1 Å². The van der Waals surface area contributed by atoms with Gasteiger partial charge >= 0.3 is 5.97 Å². The second-order valence-electron chi connectivity index (χ2n) is 3.50. The number of ether oxygens (including phenoxy) is 1. The van der Waals surface area contributed by atoms with Gasteiger partial charge in [-0.15, -0.1) is 0 Å². The smallest absolute Gasteiger partial charge is 0.337 e. The highest BCUT2D eigenvalue weighted by molar-refractivity contribution is 5.88. The Balaban J connectivity index is 2.38. The minimum atomic E-state index is -0.979. The maximum atomic E-state index is 10.8. The highest BCUT2D eigenvalue weighted by Crippen LogP contribution is 2.22. The number of nitrogens with zero attached hydrogens (tertiary/aromatic N) is 1. The van der Waals surface area contributed by atoms with Crippen LogP contribution in [-0.2, 0) is 0 Å². The molecule has 0 radical (unpaired) electrons. The molecule has 1 aromatic heterocycles. The fraction of sp³-hybridized carbons (Fsp3) is 0.0769. The zero-order valence-corrected chi connectivity index (χ0v) is 9.25. The molecule has 17 heavy (non-hydrogen) atoms. The Morgan fingerprint density at radius 1 is 1.18 bits per heavy atom. The van der Waals surface area contributed by atoms with Gasteiger partial charge in [0.1, 0.15) is 5.75 Å². The van der Waals surface area contributed by atoms with Crippen molar-refractivity contribution in [2.75, 3.05) is 7.11 Å². The van der Waals surface area contributed by atoms with Crippen molar-refractivity contribution in [3.05, 3.63) is 48.3 Å². The number of hydrogen-bond acceptors (Lipinski definition) is 3. The molecule has 1 heterocycles. The number of aromatic nitrogens is 1. The van der Waals surface area contributed by atoms with E-state index in [0.29, 0.717) is 0 Å². The second-order valence-corrected chi connectivity index (χ2v) is 3.50. The molecule has 4 heteroatoms. The number of pyridine rings is 1. The molecule has 0 amide bonds. The quantitative estimate of drug-likeness (QED) is 0.878. The van der Waals surface area contributed by atoms with Gasteiger partial charge in [-0.3, -0.25) is 4.98 Å². The van der Waals surface area contributed by atoms with Crippen molar-refractivity contribution in [1.29, 1.82) is 0 Å². The molecule has 0 unspecified atom stereocenters. The Kier molecular flexibility index (Phi) is 3.05. The first kappa shape index (κ1) is 11.1. The van der Waals surface area contributed by atoms with E-state index in [0.717, 1.165) is 16.9 Å². The van der Waals surface area contributed by atoms with E-state index in [1.54, 1.807) is 19.4 Å². The first-order valence-corrected chi connectivity index (χ1v) is 5.03. The SMILES string of the molecule is COc1ccc(-c2cncc(C(=O)O)c2)cc1. The van der Waals surface area contributed by atoms with Crippen LogP contribution in [0.3, 0.4) is 0 Å². The average molecular weight is 229 g/mol. The number of carbonyl (C=O) groups is 1. The van der Waals surface area contributed by atoms with Gasteiger partial charge < -0.3 is 9.84 Å². The number of methoxy groups -OCH3 is 1. The maximum Gasteiger partial charge on any atom is 0.337 e. The number of hydrogen-bond donors (Lipinski definition) is 1. The molecule has 86 valence electrons. The highest BCUT2D eigenvalue weighted by atomic mass is 16.5. The first-order valence-electron chi connectivity index (χ1n) is 5.03. The molecule has 0 saturated heterocycles.